The van der Waals surface area contributed by atoms with Crippen LogP contribution in [0.2, 0.25) is 0 Å². The smallest absolute Gasteiger partial charge is 0.262 e. The minimum atomic E-state index is -3.64. The van der Waals surface area contributed by atoms with E-state index in [1.165, 1.54) is 6.42 Å². The van der Waals surface area contributed by atoms with Crippen LogP contribution in [0.15, 0.2) is 47.4 Å². The lowest BCUT2D eigenvalue weighted by atomic mass is 10.1. The second kappa shape index (κ2) is 8.13. The average molecular weight is 387 g/mol. The van der Waals surface area contributed by atoms with Crippen LogP contribution in [0, 0.1) is 13.8 Å². The first-order valence-corrected chi connectivity index (χ1v) is 10.8. The molecule has 5 nitrogen and oxygen atoms in total. The number of amides is 1. The molecule has 1 aliphatic rings. The predicted octanol–water partition coefficient (Wildman–Crippen LogP) is 3.66. The van der Waals surface area contributed by atoms with Crippen LogP contribution in [0.4, 0.5) is 5.69 Å². The molecule has 0 aliphatic carbocycles. The minimum Gasteiger partial charge on any atom is -0.342 e. The highest BCUT2D eigenvalue weighted by Gasteiger charge is 2.18. The van der Waals surface area contributed by atoms with Gasteiger partial charge in [-0.05, 0) is 68.0 Å². The molecule has 0 unspecified atom stereocenters. The number of rotatable bonds is 5. The zero-order valence-electron chi connectivity index (χ0n) is 15.9. The van der Waals surface area contributed by atoms with Gasteiger partial charge in [-0.2, -0.15) is 0 Å². The van der Waals surface area contributed by atoms with Crippen LogP contribution in [-0.4, -0.2) is 32.3 Å². The molecular weight excluding hydrogens is 360 g/mol. The van der Waals surface area contributed by atoms with Crippen molar-refractivity contribution in [2.45, 2.75) is 44.4 Å². The zero-order chi connectivity index (χ0) is 19.4. The second-order valence-corrected chi connectivity index (χ2v) is 8.84. The van der Waals surface area contributed by atoms with Crippen molar-refractivity contribution in [2.75, 3.05) is 17.8 Å². The van der Waals surface area contributed by atoms with Crippen LogP contribution in [0.25, 0.3) is 0 Å². The molecule has 0 bridgehead atoms. The van der Waals surface area contributed by atoms with Crippen LogP contribution in [0.5, 0.6) is 0 Å². The number of piperidine rings is 1. The molecule has 1 heterocycles. The summed E-state index contributed by atoms with van der Waals surface area (Å²) in [4.78, 5) is 14.6. The van der Waals surface area contributed by atoms with Gasteiger partial charge in [0.1, 0.15) is 0 Å². The van der Waals surface area contributed by atoms with E-state index in [9.17, 15) is 13.2 Å². The van der Waals surface area contributed by atoms with Crippen LogP contribution < -0.4 is 4.72 Å². The lowest BCUT2D eigenvalue weighted by Gasteiger charge is -2.26. The van der Waals surface area contributed by atoms with Gasteiger partial charge in [-0.3, -0.25) is 9.52 Å². The van der Waals surface area contributed by atoms with Crippen molar-refractivity contribution in [2.24, 2.45) is 0 Å². The number of benzene rings is 2. The highest BCUT2D eigenvalue weighted by atomic mass is 32.2. The summed E-state index contributed by atoms with van der Waals surface area (Å²) in [5.74, 6) is 0.137. The summed E-state index contributed by atoms with van der Waals surface area (Å²) >= 11 is 0. The van der Waals surface area contributed by atoms with E-state index < -0.39 is 10.0 Å². The Balaban J connectivity index is 1.68. The van der Waals surface area contributed by atoms with Gasteiger partial charge in [0, 0.05) is 18.8 Å². The fourth-order valence-corrected chi connectivity index (χ4v) is 4.72. The van der Waals surface area contributed by atoms with Gasteiger partial charge in [0.25, 0.3) is 10.0 Å². The first kappa shape index (κ1) is 19.4. The summed E-state index contributed by atoms with van der Waals surface area (Å²) < 4.78 is 28.0. The number of carbonyl (C=O) groups excluding carboxylic acids is 1. The summed E-state index contributed by atoms with van der Waals surface area (Å²) in [7, 11) is -3.64. The third-order valence-corrected chi connectivity index (χ3v) is 6.43. The summed E-state index contributed by atoms with van der Waals surface area (Å²) in [6, 6.07) is 12.4. The molecule has 2 aromatic rings. The quantitative estimate of drug-likeness (QED) is 0.853. The number of aryl methyl sites for hydroxylation is 2. The van der Waals surface area contributed by atoms with Crippen LogP contribution in [0.3, 0.4) is 0 Å². The number of carbonyl (C=O) groups is 1. The number of hydrogen-bond acceptors (Lipinski definition) is 3. The van der Waals surface area contributed by atoms with Gasteiger partial charge in [-0.25, -0.2) is 8.42 Å². The highest BCUT2D eigenvalue weighted by molar-refractivity contribution is 7.92. The Morgan fingerprint density at radius 3 is 2.33 bits per heavy atom. The minimum absolute atomic E-state index is 0.137. The third kappa shape index (κ3) is 4.89. The maximum absolute atomic E-state index is 12.7. The van der Waals surface area contributed by atoms with Crippen molar-refractivity contribution in [1.29, 1.82) is 0 Å². The Morgan fingerprint density at radius 1 is 1.00 bits per heavy atom. The van der Waals surface area contributed by atoms with Crippen molar-refractivity contribution in [3.05, 3.63) is 59.2 Å². The van der Waals surface area contributed by atoms with Crippen molar-refractivity contribution >= 4 is 21.6 Å². The van der Waals surface area contributed by atoms with Gasteiger partial charge in [0.15, 0.2) is 0 Å². The lowest BCUT2D eigenvalue weighted by Crippen LogP contribution is -2.36. The first-order chi connectivity index (χ1) is 12.8. The normalized spacial score (nSPS) is 14.8. The molecule has 6 heteroatoms. The first-order valence-electron chi connectivity index (χ1n) is 9.32. The fourth-order valence-electron chi connectivity index (χ4n) is 3.33. The molecule has 0 spiro atoms. The van der Waals surface area contributed by atoms with Crippen molar-refractivity contribution < 1.29 is 13.2 Å². The molecule has 0 aromatic heterocycles. The molecule has 27 heavy (non-hydrogen) atoms. The van der Waals surface area contributed by atoms with E-state index >= 15 is 0 Å². The molecule has 0 radical (unpaired) electrons. The van der Waals surface area contributed by atoms with E-state index in [1.54, 1.807) is 31.2 Å². The van der Waals surface area contributed by atoms with Gasteiger partial charge in [-0.1, -0.05) is 24.3 Å². The van der Waals surface area contributed by atoms with Gasteiger partial charge in [0.2, 0.25) is 5.91 Å². The predicted molar refractivity (Wildman–Crippen MR) is 107 cm³/mol. The summed E-state index contributed by atoms with van der Waals surface area (Å²) in [6.45, 7) is 5.33. The Morgan fingerprint density at radius 2 is 1.67 bits per heavy atom. The molecule has 1 amide bonds. The summed E-state index contributed by atoms with van der Waals surface area (Å²) in [6.07, 6.45) is 3.69. The molecule has 0 saturated carbocycles. The van der Waals surface area contributed by atoms with E-state index in [4.69, 9.17) is 0 Å². The molecule has 1 fully saturated rings. The van der Waals surface area contributed by atoms with Crippen LogP contribution in [-0.2, 0) is 21.2 Å². The van der Waals surface area contributed by atoms with Crippen molar-refractivity contribution in [3.63, 3.8) is 0 Å². The van der Waals surface area contributed by atoms with Gasteiger partial charge in [-0.15, -0.1) is 0 Å². The Bertz CT molecular complexity index is 915. The molecule has 2 aromatic carbocycles. The van der Waals surface area contributed by atoms with Gasteiger partial charge >= 0.3 is 0 Å². The molecule has 1 N–H and O–H groups in total. The van der Waals surface area contributed by atoms with E-state index in [2.05, 4.69) is 4.72 Å². The monoisotopic (exact) mass is 386 g/mol. The molecule has 144 valence electrons. The molecule has 1 saturated heterocycles. The maximum atomic E-state index is 12.7. The Kier molecular flexibility index (Phi) is 5.85. The van der Waals surface area contributed by atoms with Crippen molar-refractivity contribution in [3.8, 4) is 0 Å². The fraction of sp³-hybridized carbons (Fsp3) is 0.381. The number of likely N-dealkylation sites (tertiary alicyclic amines) is 1. The number of anilines is 1. The number of hydrogen-bond donors (Lipinski definition) is 1. The van der Waals surface area contributed by atoms with Gasteiger partial charge < -0.3 is 4.90 Å². The Hall–Kier alpha value is -2.34. The van der Waals surface area contributed by atoms with E-state index in [-0.39, 0.29) is 10.8 Å². The highest BCUT2D eigenvalue weighted by Crippen LogP contribution is 2.21. The topological polar surface area (TPSA) is 66.5 Å². The number of nitrogens with zero attached hydrogens (tertiary/aromatic N) is 1. The summed E-state index contributed by atoms with van der Waals surface area (Å²) in [5.41, 5.74) is 2.98. The SMILES string of the molecule is Cc1ccc(C)c(S(=O)(=O)Nc2ccc(CC(=O)N3CCCCC3)cc2)c1. The number of sulfonamides is 1. The maximum Gasteiger partial charge on any atom is 0.262 e. The largest absolute Gasteiger partial charge is 0.342 e. The number of nitrogens with one attached hydrogen (secondary N) is 1. The van der Waals surface area contributed by atoms with Crippen molar-refractivity contribution in [1.82, 2.24) is 4.90 Å². The zero-order valence-corrected chi connectivity index (χ0v) is 16.7. The summed E-state index contributed by atoms with van der Waals surface area (Å²) in [5, 5.41) is 0. The molecular formula is C21H26N2O3S. The standard InChI is InChI=1S/C21H26N2O3S/c1-16-6-7-17(2)20(14-16)27(25,26)22-19-10-8-18(9-11-19)15-21(24)23-12-4-3-5-13-23/h6-11,14,22H,3-5,12-13,15H2,1-2H3. The second-order valence-electron chi connectivity index (χ2n) is 7.19. The third-order valence-electron chi connectivity index (χ3n) is 4.90. The van der Waals surface area contributed by atoms with Crippen LogP contribution in [0.1, 0.15) is 36.0 Å². The molecule has 0 atom stereocenters. The average Bonchev–Trinajstić information content (AvgIpc) is 2.65. The van der Waals surface area contributed by atoms with E-state index in [0.717, 1.165) is 37.1 Å². The van der Waals surface area contributed by atoms with E-state index in [0.29, 0.717) is 17.7 Å². The molecule has 1 aliphatic heterocycles. The van der Waals surface area contributed by atoms with Gasteiger partial charge in [0.05, 0.1) is 11.3 Å². The molecule has 3 rings (SSSR count). The lowest BCUT2D eigenvalue weighted by molar-refractivity contribution is -0.131. The van der Waals surface area contributed by atoms with Crippen LogP contribution >= 0.6 is 0 Å². The van der Waals surface area contributed by atoms with E-state index in [1.807, 2.05) is 30.0 Å². The Labute approximate surface area is 161 Å².